The van der Waals surface area contributed by atoms with Gasteiger partial charge in [0.15, 0.2) is 0 Å². The molecule has 1 aliphatic rings. The van der Waals surface area contributed by atoms with E-state index in [4.69, 9.17) is 11.6 Å². The molecule has 1 N–H and O–H groups in total. The fourth-order valence-electron chi connectivity index (χ4n) is 3.46. The lowest BCUT2D eigenvalue weighted by atomic mass is 9.96. The van der Waals surface area contributed by atoms with Gasteiger partial charge in [-0.15, -0.1) is 5.10 Å². The lowest BCUT2D eigenvalue weighted by molar-refractivity contribution is 0.0704. The maximum atomic E-state index is 12.8. The van der Waals surface area contributed by atoms with Crippen LogP contribution in [0.3, 0.4) is 0 Å². The van der Waals surface area contributed by atoms with Crippen molar-refractivity contribution in [3.05, 3.63) is 81.5 Å². The Labute approximate surface area is 161 Å². The molecule has 1 atom stereocenters. The Kier molecular flexibility index (Phi) is 4.81. The summed E-state index contributed by atoms with van der Waals surface area (Å²) in [4.78, 5) is 29.8. The topological polar surface area (TPSA) is 71.0 Å². The van der Waals surface area contributed by atoms with Crippen LogP contribution in [0.1, 0.15) is 34.9 Å². The Morgan fingerprint density at radius 1 is 1.11 bits per heavy atom. The van der Waals surface area contributed by atoms with Gasteiger partial charge in [0.1, 0.15) is 5.82 Å². The van der Waals surface area contributed by atoms with Gasteiger partial charge in [-0.2, -0.15) is 4.68 Å². The minimum absolute atomic E-state index is 0.0113. The predicted octanol–water partition coefficient (Wildman–Crippen LogP) is 3.23. The van der Waals surface area contributed by atoms with E-state index in [9.17, 15) is 9.59 Å². The third-order valence-electron chi connectivity index (χ3n) is 4.84. The second kappa shape index (κ2) is 7.40. The highest BCUT2D eigenvalue weighted by molar-refractivity contribution is 6.33. The highest BCUT2D eigenvalue weighted by atomic mass is 35.5. The van der Waals surface area contributed by atoms with Gasteiger partial charge < -0.3 is 4.90 Å². The fourth-order valence-corrected chi connectivity index (χ4v) is 3.67. The lowest BCUT2D eigenvalue weighted by Crippen LogP contribution is -2.39. The van der Waals surface area contributed by atoms with Crippen LogP contribution in [0.25, 0.3) is 5.69 Å². The van der Waals surface area contributed by atoms with Crippen molar-refractivity contribution < 1.29 is 4.79 Å². The number of amides is 1. The molecular formula is C20H19ClN4O2. The summed E-state index contributed by atoms with van der Waals surface area (Å²) in [6.45, 7) is 1.18. The number of para-hydroxylation sites is 1. The molecule has 2 aromatic carbocycles. The van der Waals surface area contributed by atoms with Gasteiger partial charge in [0.05, 0.1) is 16.3 Å². The van der Waals surface area contributed by atoms with Crippen LogP contribution in [0.2, 0.25) is 5.02 Å². The van der Waals surface area contributed by atoms with Crippen molar-refractivity contribution in [3.8, 4) is 5.69 Å². The number of carbonyl (C=O) groups is 1. The van der Waals surface area contributed by atoms with E-state index in [0.29, 0.717) is 35.2 Å². The van der Waals surface area contributed by atoms with Crippen molar-refractivity contribution in [1.82, 2.24) is 19.7 Å². The number of benzene rings is 2. The van der Waals surface area contributed by atoms with Crippen molar-refractivity contribution in [2.24, 2.45) is 0 Å². The van der Waals surface area contributed by atoms with Gasteiger partial charge in [-0.3, -0.25) is 9.78 Å². The maximum Gasteiger partial charge on any atom is 0.348 e. The first kappa shape index (κ1) is 17.5. The summed E-state index contributed by atoms with van der Waals surface area (Å²) in [7, 11) is 0. The summed E-state index contributed by atoms with van der Waals surface area (Å²) in [5.41, 5.74) is 0.943. The number of hydrogen-bond donors (Lipinski definition) is 1. The van der Waals surface area contributed by atoms with Crippen molar-refractivity contribution in [2.75, 3.05) is 13.1 Å². The summed E-state index contributed by atoms with van der Waals surface area (Å²) >= 11 is 6.17. The predicted molar refractivity (Wildman–Crippen MR) is 104 cm³/mol. The molecule has 0 bridgehead atoms. The molecule has 0 saturated carbocycles. The molecule has 0 radical (unpaired) electrons. The average Bonchev–Trinajstić information content (AvgIpc) is 3.10. The number of likely N-dealkylation sites (tertiary alicyclic amines) is 1. The first-order chi connectivity index (χ1) is 13.1. The van der Waals surface area contributed by atoms with Gasteiger partial charge in [-0.1, -0.05) is 41.9 Å². The highest BCUT2D eigenvalue weighted by Crippen LogP contribution is 2.26. The third-order valence-corrected chi connectivity index (χ3v) is 5.17. The fraction of sp³-hybridized carbons (Fsp3) is 0.250. The zero-order valence-corrected chi connectivity index (χ0v) is 15.4. The van der Waals surface area contributed by atoms with Crippen LogP contribution in [0.4, 0.5) is 0 Å². The molecule has 1 amide bonds. The number of nitrogens with zero attached hydrogens (tertiary/aromatic N) is 3. The van der Waals surface area contributed by atoms with Crippen LogP contribution < -0.4 is 5.69 Å². The van der Waals surface area contributed by atoms with Gasteiger partial charge >= 0.3 is 5.69 Å². The Balaban J connectivity index is 1.56. The molecule has 2 heterocycles. The second-order valence-electron chi connectivity index (χ2n) is 6.63. The van der Waals surface area contributed by atoms with Gasteiger partial charge in [0.25, 0.3) is 5.91 Å². The molecule has 7 heteroatoms. The van der Waals surface area contributed by atoms with Gasteiger partial charge in [0, 0.05) is 19.0 Å². The Morgan fingerprint density at radius 2 is 1.85 bits per heavy atom. The number of piperidine rings is 1. The molecule has 1 aromatic heterocycles. The molecule has 0 aliphatic carbocycles. The Bertz CT molecular complexity index is 1010. The molecular weight excluding hydrogens is 364 g/mol. The highest BCUT2D eigenvalue weighted by Gasteiger charge is 2.28. The number of aromatic amines is 1. The van der Waals surface area contributed by atoms with Crippen LogP contribution in [-0.2, 0) is 0 Å². The number of halogens is 1. The quantitative estimate of drug-likeness (QED) is 0.756. The van der Waals surface area contributed by atoms with Crippen LogP contribution >= 0.6 is 11.6 Å². The van der Waals surface area contributed by atoms with Crippen molar-refractivity contribution in [2.45, 2.75) is 18.8 Å². The average molecular weight is 383 g/mol. The van der Waals surface area contributed by atoms with Gasteiger partial charge in [-0.25, -0.2) is 4.79 Å². The smallest absolute Gasteiger partial charge is 0.338 e. The first-order valence-electron chi connectivity index (χ1n) is 8.92. The van der Waals surface area contributed by atoms with E-state index in [1.807, 2.05) is 30.3 Å². The van der Waals surface area contributed by atoms with Crippen LogP contribution in [-0.4, -0.2) is 38.7 Å². The van der Waals surface area contributed by atoms with Gasteiger partial charge in [-0.05, 0) is 37.1 Å². The van der Waals surface area contributed by atoms with Crippen molar-refractivity contribution in [3.63, 3.8) is 0 Å². The summed E-state index contributed by atoms with van der Waals surface area (Å²) < 4.78 is 1.37. The zero-order valence-electron chi connectivity index (χ0n) is 14.6. The lowest BCUT2D eigenvalue weighted by Gasteiger charge is -2.31. The van der Waals surface area contributed by atoms with Crippen LogP contribution in [0, 0.1) is 0 Å². The SMILES string of the molecule is O=C(c1ccccc1Cl)N1CCCC(c2nn(-c3ccccc3)c(=O)[nH]2)C1. The van der Waals surface area contributed by atoms with Gasteiger partial charge in [0.2, 0.25) is 0 Å². The molecule has 1 saturated heterocycles. The summed E-state index contributed by atoms with van der Waals surface area (Å²) in [6.07, 6.45) is 1.72. The molecule has 4 rings (SSSR count). The Morgan fingerprint density at radius 3 is 2.63 bits per heavy atom. The molecule has 138 valence electrons. The van der Waals surface area contributed by atoms with E-state index in [2.05, 4.69) is 10.1 Å². The Hall–Kier alpha value is -2.86. The second-order valence-corrected chi connectivity index (χ2v) is 7.04. The third kappa shape index (κ3) is 3.53. The monoisotopic (exact) mass is 382 g/mol. The molecule has 0 spiro atoms. The first-order valence-corrected chi connectivity index (χ1v) is 9.30. The minimum atomic E-state index is -0.272. The van der Waals surface area contributed by atoms with E-state index < -0.39 is 0 Å². The van der Waals surface area contributed by atoms with E-state index in [0.717, 1.165) is 12.8 Å². The van der Waals surface area contributed by atoms with E-state index in [-0.39, 0.29) is 17.5 Å². The molecule has 6 nitrogen and oxygen atoms in total. The number of rotatable bonds is 3. The summed E-state index contributed by atoms with van der Waals surface area (Å²) in [5, 5.41) is 4.92. The number of hydrogen-bond acceptors (Lipinski definition) is 3. The molecule has 3 aromatic rings. The molecule has 1 aliphatic heterocycles. The van der Waals surface area contributed by atoms with Crippen molar-refractivity contribution >= 4 is 17.5 Å². The minimum Gasteiger partial charge on any atom is -0.338 e. The van der Waals surface area contributed by atoms with E-state index in [1.165, 1.54) is 4.68 Å². The zero-order chi connectivity index (χ0) is 18.8. The van der Waals surface area contributed by atoms with Crippen molar-refractivity contribution in [1.29, 1.82) is 0 Å². The number of H-pyrrole nitrogens is 1. The normalized spacial score (nSPS) is 17.1. The van der Waals surface area contributed by atoms with Crippen LogP contribution in [0.15, 0.2) is 59.4 Å². The van der Waals surface area contributed by atoms with Crippen LogP contribution in [0.5, 0.6) is 0 Å². The number of aromatic nitrogens is 3. The number of nitrogens with one attached hydrogen (secondary N) is 1. The largest absolute Gasteiger partial charge is 0.348 e. The summed E-state index contributed by atoms with van der Waals surface area (Å²) in [5.74, 6) is 0.513. The standard InChI is InChI=1S/C20H19ClN4O2/c21-17-11-5-4-10-16(17)19(26)24-12-6-7-14(13-24)18-22-20(27)25(23-18)15-8-2-1-3-9-15/h1-5,8-11,14H,6-7,12-13H2,(H,22,23,27). The maximum absolute atomic E-state index is 12.8. The summed E-state index contributed by atoms with van der Waals surface area (Å²) in [6, 6.07) is 16.3. The molecule has 1 fully saturated rings. The number of carbonyl (C=O) groups excluding carboxylic acids is 1. The molecule has 1 unspecified atom stereocenters. The molecule has 27 heavy (non-hydrogen) atoms. The van der Waals surface area contributed by atoms with E-state index >= 15 is 0 Å². The van der Waals surface area contributed by atoms with E-state index in [1.54, 1.807) is 29.2 Å².